The Morgan fingerprint density at radius 2 is 1.89 bits per heavy atom. The summed E-state index contributed by atoms with van der Waals surface area (Å²) < 4.78 is 3.96. The maximum atomic E-state index is 5.47. The molecule has 1 aliphatic carbocycles. The highest BCUT2D eigenvalue weighted by Crippen LogP contribution is 2.44. The summed E-state index contributed by atoms with van der Waals surface area (Å²) in [6, 6.07) is 0. The van der Waals surface area contributed by atoms with Crippen LogP contribution < -0.4 is 11.3 Å². The molecule has 19 heavy (non-hydrogen) atoms. The third-order valence-electron chi connectivity index (χ3n) is 4.89. The molecule has 6 heteroatoms. The molecule has 0 aromatic carbocycles. The molecule has 0 amide bonds. The summed E-state index contributed by atoms with van der Waals surface area (Å²) in [5.41, 5.74) is 4.35. The standard InChI is InChI=1S/C13H23N5S/c14-15-12-11(16-17-19-12)10-18-8-6-13(7-9-18)4-2-1-3-5-13/h15H,1-10,14H2. The lowest BCUT2D eigenvalue weighted by Crippen LogP contribution is -2.40. The Morgan fingerprint density at radius 3 is 2.58 bits per heavy atom. The van der Waals surface area contributed by atoms with Crippen molar-refractivity contribution in [1.82, 2.24) is 14.5 Å². The predicted molar refractivity (Wildman–Crippen MR) is 77.7 cm³/mol. The highest BCUT2D eigenvalue weighted by molar-refractivity contribution is 7.10. The largest absolute Gasteiger partial charge is 0.313 e. The van der Waals surface area contributed by atoms with E-state index in [1.54, 1.807) is 0 Å². The number of nitrogen functional groups attached to an aromatic ring is 1. The van der Waals surface area contributed by atoms with Crippen LogP contribution in [0.3, 0.4) is 0 Å². The zero-order valence-electron chi connectivity index (χ0n) is 11.4. The van der Waals surface area contributed by atoms with E-state index in [9.17, 15) is 0 Å². The summed E-state index contributed by atoms with van der Waals surface area (Å²) in [4.78, 5) is 2.50. The molecule has 1 saturated heterocycles. The predicted octanol–water partition coefficient (Wildman–Crippen LogP) is 2.37. The number of rotatable bonds is 3. The Labute approximate surface area is 118 Å². The van der Waals surface area contributed by atoms with Gasteiger partial charge in [-0.2, -0.15) is 0 Å². The normalized spacial score (nSPS) is 23.6. The van der Waals surface area contributed by atoms with Crippen LogP contribution in [0.25, 0.3) is 0 Å². The Morgan fingerprint density at radius 1 is 1.16 bits per heavy atom. The van der Waals surface area contributed by atoms with Gasteiger partial charge in [0.05, 0.1) is 0 Å². The van der Waals surface area contributed by atoms with Gasteiger partial charge in [0.15, 0.2) is 0 Å². The number of nitrogens with zero attached hydrogens (tertiary/aromatic N) is 3. The fourth-order valence-electron chi connectivity index (χ4n) is 3.62. The summed E-state index contributed by atoms with van der Waals surface area (Å²) in [5.74, 6) is 5.47. The molecule has 5 nitrogen and oxygen atoms in total. The van der Waals surface area contributed by atoms with E-state index in [0.29, 0.717) is 5.41 Å². The monoisotopic (exact) mass is 281 g/mol. The summed E-state index contributed by atoms with van der Waals surface area (Å²) >= 11 is 1.34. The van der Waals surface area contributed by atoms with Crippen molar-refractivity contribution < 1.29 is 0 Å². The first-order chi connectivity index (χ1) is 9.31. The lowest BCUT2D eigenvalue weighted by molar-refractivity contribution is 0.0636. The minimum atomic E-state index is 0.671. The Bertz CT molecular complexity index is 403. The van der Waals surface area contributed by atoms with Gasteiger partial charge < -0.3 is 5.43 Å². The third kappa shape index (κ3) is 2.90. The second-order valence-electron chi connectivity index (χ2n) is 6.03. The maximum Gasteiger partial charge on any atom is 0.148 e. The Kier molecular flexibility index (Phi) is 4.00. The number of hydrogen-bond donors (Lipinski definition) is 2. The number of aromatic nitrogens is 2. The van der Waals surface area contributed by atoms with Crippen LogP contribution in [0.4, 0.5) is 5.00 Å². The molecule has 3 N–H and O–H groups in total. The molecular formula is C13H23N5S. The quantitative estimate of drug-likeness (QED) is 0.657. The van der Waals surface area contributed by atoms with Gasteiger partial charge in [0, 0.05) is 18.1 Å². The minimum absolute atomic E-state index is 0.671. The number of nitrogens with one attached hydrogen (secondary N) is 1. The molecule has 0 unspecified atom stereocenters. The van der Waals surface area contributed by atoms with Crippen molar-refractivity contribution in [3.8, 4) is 0 Å². The van der Waals surface area contributed by atoms with E-state index in [4.69, 9.17) is 5.84 Å². The van der Waals surface area contributed by atoms with Gasteiger partial charge in [0.1, 0.15) is 10.7 Å². The van der Waals surface area contributed by atoms with Crippen LogP contribution in [0.15, 0.2) is 0 Å². The summed E-state index contributed by atoms with van der Waals surface area (Å²) in [5, 5.41) is 5.07. The number of anilines is 1. The van der Waals surface area contributed by atoms with Gasteiger partial charge >= 0.3 is 0 Å². The van der Waals surface area contributed by atoms with Gasteiger partial charge in [-0.05, 0) is 44.2 Å². The molecule has 106 valence electrons. The molecule has 0 bridgehead atoms. The average molecular weight is 281 g/mol. The van der Waals surface area contributed by atoms with E-state index in [0.717, 1.165) is 17.2 Å². The van der Waals surface area contributed by atoms with E-state index in [1.165, 1.54) is 69.6 Å². The van der Waals surface area contributed by atoms with E-state index >= 15 is 0 Å². The lowest BCUT2D eigenvalue weighted by atomic mass is 9.68. The van der Waals surface area contributed by atoms with Crippen LogP contribution in [0, 0.1) is 5.41 Å². The van der Waals surface area contributed by atoms with Crippen LogP contribution in [-0.4, -0.2) is 27.6 Å². The molecule has 0 radical (unpaired) electrons. The highest BCUT2D eigenvalue weighted by Gasteiger charge is 2.35. The molecule has 2 heterocycles. The zero-order chi connectivity index (χ0) is 13.1. The van der Waals surface area contributed by atoms with E-state index in [1.807, 2.05) is 0 Å². The van der Waals surface area contributed by atoms with Gasteiger partial charge in [-0.3, -0.25) is 4.90 Å². The molecule has 3 rings (SSSR count). The minimum Gasteiger partial charge on any atom is -0.313 e. The first-order valence-corrected chi connectivity index (χ1v) is 8.09. The van der Waals surface area contributed by atoms with Gasteiger partial charge in [0.2, 0.25) is 0 Å². The number of piperidine rings is 1. The van der Waals surface area contributed by atoms with Crippen molar-refractivity contribution in [2.24, 2.45) is 11.3 Å². The molecule has 1 saturated carbocycles. The van der Waals surface area contributed by atoms with Crippen molar-refractivity contribution in [2.45, 2.75) is 51.5 Å². The summed E-state index contributed by atoms with van der Waals surface area (Å²) in [6.07, 6.45) is 9.95. The van der Waals surface area contributed by atoms with Gasteiger partial charge in [0.25, 0.3) is 0 Å². The summed E-state index contributed by atoms with van der Waals surface area (Å²) in [6.45, 7) is 3.27. The second kappa shape index (κ2) is 5.73. The number of hydrogen-bond acceptors (Lipinski definition) is 6. The Balaban J connectivity index is 1.55. The summed E-state index contributed by atoms with van der Waals surface area (Å²) in [7, 11) is 0. The molecule has 0 atom stereocenters. The van der Waals surface area contributed by atoms with Crippen molar-refractivity contribution in [2.75, 3.05) is 18.5 Å². The molecule has 1 aromatic rings. The first-order valence-electron chi connectivity index (χ1n) is 7.32. The van der Waals surface area contributed by atoms with Crippen molar-refractivity contribution in [3.05, 3.63) is 5.69 Å². The van der Waals surface area contributed by atoms with Gasteiger partial charge in [-0.1, -0.05) is 23.8 Å². The van der Waals surface area contributed by atoms with Gasteiger partial charge in [-0.15, -0.1) is 5.10 Å². The molecule has 1 aromatic heterocycles. The molecule has 2 fully saturated rings. The van der Waals surface area contributed by atoms with E-state index in [-0.39, 0.29) is 0 Å². The van der Waals surface area contributed by atoms with Crippen LogP contribution in [0.1, 0.15) is 50.6 Å². The molecular weight excluding hydrogens is 258 g/mol. The van der Waals surface area contributed by atoms with Crippen molar-refractivity contribution in [3.63, 3.8) is 0 Å². The number of hydrazine groups is 1. The average Bonchev–Trinajstić information content (AvgIpc) is 2.90. The van der Waals surface area contributed by atoms with Gasteiger partial charge in [-0.25, -0.2) is 5.84 Å². The van der Waals surface area contributed by atoms with Crippen LogP contribution in [-0.2, 0) is 6.54 Å². The second-order valence-corrected chi connectivity index (χ2v) is 6.78. The third-order valence-corrected chi connectivity index (χ3v) is 5.59. The number of likely N-dealkylation sites (tertiary alicyclic amines) is 1. The SMILES string of the molecule is NNc1snnc1CN1CCC2(CCCCC2)CC1. The fraction of sp³-hybridized carbons (Fsp3) is 0.846. The number of nitrogens with two attached hydrogens (primary N) is 1. The molecule has 1 aliphatic heterocycles. The lowest BCUT2D eigenvalue weighted by Gasteiger charge is -2.44. The fourth-order valence-corrected chi connectivity index (χ4v) is 4.11. The Hall–Kier alpha value is -0.720. The van der Waals surface area contributed by atoms with Crippen molar-refractivity contribution >= 4 is 16.5 Å². The van der Waals surface area contributed by atoms with E-state index in [2.05, 4.69) is 19.9 Å². The van der Waals surface area contributed by atoms with Crippen LogP contribution >= 0.6 is 11.5 Å². The van der Waals surface area contributed by atoms with Crippen molar-refractivity contribution in [1.29, 1.82) is 0 Å². The smallest absolute Gasteiger partial charge is 0.148 e. The first kappa shape index (κ1) is 13.3. The van der Waals surface area contributed by atoms with Crippen LogP contribution in [0.2, 0.25) is 0 Å². The van der Waals surface area contributed by atoms with Crippen LogP contribution in [0.5, 0.6) is 0 Å². The van der Waals surface area contributed by atoms with E-state index < -0.39 is 0 Å². The highest BCUT2D eigenvalue weighted by atomic mass is 32.1. The zero-order valence-corrected chi connectivity index (χ0v) is 12.2. The molecule has 1 spiro atoms. The topological polar surface area (TPSA) is 67.1 Å². The molecule has 2 aliphatic rings. The maximum absolute atomic E-state index is 5.47.